The summed E-state index contributed by atoms with van der Waals surface area (Å²) in [4.78, 5) is -0.221. The van der Waals surface area contributed by atoms with Crippen molar-refractivity contribution in [1.29, 1.82) is 5.26 Å². The van der Waals surface area contributed by atoms with Gasteiger partial charge >= 0.3 is 0 Å². The van der Waals surface area contributed by atoms with Crippen molar-refractivity contribution in [2.45, 2.75) is 11.8 Å². The maximum Gasteiger partial charge on any atom is 0.216 e. The van der Waals surface area contributed by atoms with Crippen LogP contribution >= 0.6 is 0 Å². The Kier molecular flexibility index (Phi) is 5.39. The molecule has 0 fully saturated rings. The number of hydrogen-bond acceptors (Lipinski definition) is 4. The fourth-order valence-electron chi connectivity index (χ4n) is 2.46. The molecule has 4 nitrogen and oxygen atoms in total. The van der Waals surface area contributed by atoms with E-state index < -0.39 is 9.84 Å². The van der Waals surface area contributed by atoms with Gasteiger partial charge in [0.25, 0.3) is 0 Å². The summed E-state index contributed by atoms with van der Waals surface area (Å²) in [6.45, 7) is 1.87. The lowest BCUT2D eigenvalue weighted by Crippen LogP contribution is -2.03. The lowest BCUT2D eigenvalue weighted by atomic mass is 10.2. The quantitative estimate of drug-likeness (QED) is 0.580. The van der Waals surface area contributed by atoms with Crippen LogP contribution in [0.2, 0.25) is 0 Å². The first-order chi connectivity index (χ1) is 13.0. The molecular weight excluding hydrogens is 358 g/mol. The summed E-state index contributed by atoms with van der Waals surface area (Å²) in [6, 6.07) is 24.4. The fraction of sp³-hybridized carbons (Fsp3) is 0.0455. The van der Waals surface area contributed by atoms with E-state index in [1.165, 1.54) is 18.2 Å². The number of rotatable bonds is 5. The Bertz CT molecular complexity index is 1110. The van der Waals surface area contributed by atoms with Crippen LogP contribution in [0.15, 0.2) is 88.7 Å². The summed E-state index contributed by atoms with van der Waals surface area (Å²) in [5.41, 5.74) is 1.51. The van der Waals surface area contributed by atoms with Gasteiger partial charge in [-0.2, -0.15) is 5.26 Å². The molecule has 0 aliphatic heterocycles. The minimum atomic E-state index is -3.88. The zero-order valence-electron chi connectivity index (χ0n) is 14.7. The Morgan fingerprint density at radius 3 is 2.26 bits per heavy atom. The van der Waals surface area contributed by atoms with Gasteiger partial charge in [-0.05, 0) is 55.0 Å². The number of sulfone groups is 1. The minimum Gasteiger partial charge on any atom is -0.457 e. The van der Waals surface area contributed by atoms with Crippen molar-refractivity contribution >= 4 is 15.9 Å². The number of para-hydroxylation sites is 1. The van der Waals surface area contributed by atoms with E-state index in [0.717, 1.165) is 5.56 Å². The highest BCUT2D eigenvalue weighted by atomic mass is 32.2. The molecule has 0 aliphatic carbocycles. The monoisotopic (exact) mass is 375 g/mol. The molecule has 0 N–H and O–H groups in total. The van der Waals surface area contributed by atoms with Crippen molar-refractivity contribution in [3.8, 4) is 17.6 Å². The van der Waals surface area contributed by atoms with Gasteiger partial charge in [-0.25, -0.2) is 8.42 Å². The van der Waals surface area contributed by atoms with E-state index >= 15 is 0 Å². The first-order valence-corrected chi connectivity index (χ1v) is 9.74. The van der Waals surface area contributed by atoms with Crippen LogP contribution in [-0.4, -0.2) is 8.42 Å². The summed E-state index contributed by atoms with van der Waals surface area (Å²) < 4.78 is 31.2. The third-order valence-electron chi connectivity index (χ3n) is 3.87. The summed E-state index contributed by atoms with van der Waals surface area (Å²) in [5, 5.41) is 9.41. The molecule has 0 aromatic heterocycles. The van der Waals surface area contributed by atoms with Crippen LogP contribution in [0.1, 0.15) is 11.1 Å². The first kappa shape index (κ1) is 18.4. The normalized spacial score (nSPS) is 11.6. The Labute approximate surface area is 158 Å². The molecular formula is C22H17NO3S. The first-order valence-electron chi connectivity index (χ1n) is 8.25. The molecule has 5 heteroatoms. The van der Waals surface area contributed by atoms with Crippen molar-refractivity contribution < 1.29 is 13.2 Å². The van der Waals surface area contributed by atoms with E-state index in [1.54, 1.807) is 42.5 Å². The zero-order valence-corrected chi connectivity index (χ0v) is 15.5. The van der Waals surface area contributed by atoms with Crippen molar-refractivity contribution in [3.05, 3.63) is 94.9 Å². The smallest absolute Gasteiger partial charge is 0.216 e. The number of allylic oxidation sites excluding steroid dienone is 1. The summed E-state index contributed by atoms with van der Waals surface area (Å²) in [6.07, 6.45) is 1.35. The highest BCUT2D eigenvalue weighted by Gasteiger charge is 2.20. The van der Waals surface area contributed by atoms with Crippen LogP contribution in [0.4, 0.5) is 0 Å². The molecule has 0 aliphatic rings. The summed E-state index contributed by atoms with van der Waals surface area (Å²) in [5.74, 6) is 1.23. The predicted molar refractivity (Wildman–Crippen MR) is 105 cm³/mol. The SMILES string of the molecule is Cc1ccc(S(=O)(=O)/C(C#N)=C/c2cccc(Oc3ccccc3)c2)cc1. The van der Waals surface area contributed by atoms with E-state index in [1.807, 2.05) is 37.3 Å². The predicted octanol–water partition coefficient (Wildman–Crippen LogP) is 5.13. The second-order valence-corrected chi connectivity index (χ2v) is 7.84. The van der Waals surface area contributed by atoms with Gasteiger partial charge in [0.15, 0.2) is 0 Å². The third-order valence-corrected chi connectivity index (χ3v) is 5.55. The van der Waals surface area contributed by atoms with E-state index in [0.29, 0.717) is 17.1 Å². The molecule has 0 heterocycles. The number of benzene rings is 3. The number of hydrogen-bond donors (Lipinski definition) is 0. The van der Waals surface area contributed by atoms with Crippen molar-refractivity contribution in [3.63, 3.8) is 0 Å². The minimum absolute atomic E-state index is 0.0950. The van der Waals surface area contributed by atoms with Crippen LogP contribution in [0.3, 0.4) is 0 Å². The van der Waals surface area contributed by atoms with Crippen molar-refractivity contribution in [1.82, 2.24) is 0 Å². The van der Waals surface area contributed by atoms with Gasteiger partial charge < -0.3 is 4.74 Å². The van der Waals surface area contributed by atoms with Gasteiger partial charge in [-0.1, -0.05) is 48.0 Å². The average molecular weight is 375 g/mol. The van der Waals surface area contributed by atoms with Crippen LogP contribution in [0, 0.1) is 18.3 Å². The van der Waals surface area contributed by atoms with Gasteiger partial charge in [0, 0.05) is 0 Å². The van der Waals surface area contributed by atoms with Crippen LogP contribution in [0.5, 0.6) is 11.5 Å². The zero-order chi connectivity index (χ0) is 19.3. The molecule has 27 heavy (non-hydrogen) atoms. The Morgan fingerprint density at radius 1 is 0.926 bits per heavy atom. The van der Waals surface area contributed by atoms with E-state index in [4.69, 9.17) is 4.74 Å². The Hall–Kier alpha value is -3.36. The average Bonchev–Trinajstić information content (AvgIpc) is 2.67. The third kappa shape index (κ3) is 4.43. The molecule has 3 aromatic carbocycles. The van der Waals surface area contributed by atoms with Crippen LogP contribution in [-0.2, 0) is 9.84 Å². The topological polar surface area (TPSA) is 67.2 Å². The maximum absolute atomic E-state index is 12.7. The van der Waals surface area contributed by atoms with Crippen LogP contribution < -0.4 is 4.74 Å². The number of nitrogens with zero attached hydrogens (tertiary/aromatic N) is 1. The van der Waals surface area contributed by atoms with Crippen molar-refractivity contribution in [2.24, 2.45) is 0 Å². The molecule has 0 radical (unpaired) electrons. The highest BCUT2D eigenvalue weighted by Crippen LogP contribution is 2.25. The molecule has 0 amide bonds. The van der Waals surface area contributed by atoms with Gasteiger partial charge in [0.1, 0.15) is 22.5 Å². The number of ether oxygens (including phenoxy) is 1. The summed E-state index contributed by atoms with van der Waals surface area (Å²) in [7, 11) is -3.88. The number of nitriles is 1. The highest BCUT2D eigenvalue weighted by molar-refractivity contribution is 7.95. The largest absolute Gasteiger partial charge is 0.457 e. The van der Waals surface area contributed by atoms with Gasteiger partial charge in [-0.3, -0.25) is 0 Å². The second-order valence-electron chi connectivity index (χ2n) is 5.92. The number of aryl methyl sites for hydroxylation is 1. The lowest BCUT2D eigenvalue weighted by molar-refractivity contribution is 0.482. The van der Waals surface area contributed by atoms with Crippen molar-refractivity contribution in [2.75, 3.05) is 0 Å². The van der Waals surface area contributed by atoms with Gasteiger partial charge in [0.05, 0.1) is 4.90 Å². The molecule has 0 saturated carbocycles. The van der Waals surface area contributed by atoms with E-state index in [-0.39, 0.29) is 9.80 Å². The Morgan fingerprint density at radius 2 is 1.59 bits per heavy atom. The van der Waals surface area contributed by atoms with Gasteiger partial charge in [-0.15, -0.1) is 0 Å². The molecule has 0 unspecified atom stereocenters. The lowest BCUT2D eigenvalue weighted by Gasteiger charge is -2.07. The molecule has 0 saturated heterocycles. The van der Waals surface area contributed by atoms with E-state index in [2.05, 4.69) is 0 Å². The fourth-order valence-corrected chi connectivity index (χ4v) is 3.62. The maximum atomic E-state index is 12.7. The standard InChI is InChI=1S/C22H17NO3S/c1-17-10-12-21(13-11-17)27(24,25)22(16-23)15-18-6-5-9-20(14-18)26-19-7-3-2-4-8-19/h2-15H,1H3/b22-15+. The molecule has 3 rings (SSSR count). The van der Waals surface area contributed by atoms with E-state index in [9.17, 15) is 13.7 Å². The van der Waals surface area contributed by atoms with Crippen LogP contribution in [0.25, 0.3) is 6.08 Å². The Balaban J connectivity index is 1.93. The molecule has 0 bridgehead atoms. The molecule has 134 valence electrons. The van der Waals surface area contributed by atoms with Gasteiger partial charge in [0.2, 0.25) is 9.84 Å². The molecule has 0 spiro atoms. The molecule has 3 aromatic rings. The summed E-state index contributed by atoms with van der Waals surface area (Å²) >= 11 is 0. The second kappa shape index (κ2) is 7.90. The molecule has 0 atom stereocenters.